The van der Waals surface area contributed by atoms with E-state index in [0.717, 1.165) is 30.4 Å². The lowest BCUT2D eigenvalue weighted by atomic mass is 9.98. The molecule has 0 aliphatic carbocycles. The molecule has 10 heteroatoms. The van der Waals surface area contributed by atoms with E-state index < -0.39 is 5.82 Å². The molecule has 0 saturated carbocycles. The smallest absolute Gasteiger partial charge is 0.255 e. The highest BCUT2D eigenvalue weighted by Crippen LogP contribution is 2.30. The minimum atomic E-state index is -0.525. The minimum Gasteiger partial charge on any atom is -0.497 e. The van der Waals surface area contributed by atoms with Gasteiger partial charge in [-0.3, -0.25) is 14.3 Å². The van der Waals surface area contributed by atoms with Crippen LogP contribution in [0.2, 0.25) is 0 Å². The molecule has 1 saturated heterocycles. The zero-order valence-corrected chi connectivity index (χ0v) is 18.8. The average Bonchev–Trinajstić information content (AvgIpc) is 3.37. The average molecular weight is 462 g/mol. The molecule has 3 aromatic heterocycles. The molecule has 0 amide bonds. The van der Waals surface area contributed by atoms with E-state index in [2.05, 4.69) is 20.1 Å². The van der Waals surface area contributed by atoms with Gasteiger partial charge in [-0.25, -0.2) is 9.37 Å². The number of hydrogen-bond donors (Lipinski definition) is 0. The van der Waals surface area contributed by atoms with Crippen LogP contribution in [0.1, 0.15) is 24.7 Å². The number of nitrogens with zero attached hydrogens (tertiary/aromatic N) is 6. The molecule has 4 aromatic rings. The van der Waals surface area contributed by atoms with Crippen LogP contribution in [0, 0.1) is 5.82 Å². The van der Waals surface area contributed by atoms with Crippen molar-refractivity contribution in [3.8, 4) is 28.4 Å². The number of halogens is 1. The second kappa shape index (κ2) is 9.05. The summed E-state index contributed by atoms with van der Waals surface area (Å²) in [5, 5.41) is 4.15. The Morgan fingerprint density at radius 2 is 2.00 bits per heavy atom. The lowest BCUT2D eigenvalue weighted by molar-refractivity contribution is 0.332. The van der Waals surface area contributed by atoms with Crippen LogP contribution in [0.15, 0.2) is 58.1 Å². The van der Waals surface area contributed by atoms with Crippen LogP contribution < -0.4 is 15.2 Å². The molecule has 1 atom stereocenters. The molecule has 0 N–H and O–H groups in total. The van der Waals surface area contributed by atoms with E-state index in [1.807, 2.05) is 29.2 Å². The lowest BCUT2D eigenvalue weighted by Crippen LogP contribution is -2.38. The van der Waals surface area contributed by atoms with Gasteiger partial charge in [0.05, 0.1) is 24.9 Å². The highest BCUT2D eigenvalue weighted by Gasteiger charge is 2.28. The van der Waals surface area contributed by atoms with Gasteiger partial charge in [-0.15, -0.1) is 0 Å². The summed E-state index contributed by atoms with van der Waals surface area (Å²) in [5.41, 5.74) is 1.08. The number of piperidine rings is 1. The van der Waals surface area contributed by atoms with Crippen molar-refractivity contribution < 1.29 is 13.7 Å². The van der Waals surface area contributed by atoms with Crippen LogP contribution in [0.3, 0.4) is 0 Å². The SMILES string of the molecule is COc1ccc(-c2noc(C3CCCN(c4nc(-c5ccncc5F)cc(=O)n4C)C3)n2)cc1. The third-order valence-corrected chi connectivity index (χ3v) is 6.00. The van der Waals surface area contributed by atoms with Crippen molar-refractivity contribution in [1.29, 1.82) is 0 Å². The van der Waals surface area contributed by atoms with E-state index in [1.54, 1.807) is 14.2 Å². The summed E-state index contributed by atoms with van der Waals surface area (Å²) in [7, 11) is 3.28. The van der Waals surface area contributed by atoms with Crippen LogP contribution >= 0.6 is 0 Å². The maximum absolute atomic E-state index is 14.3. The van der Waals surface area contributed by atoms with Crippen LogP contribution in [0.4, 0.5) is 10.3 Å². The maximum Gasteiger partial charge on any atom is 0.255 e. The van der Waals surface area contributed by atoms with Gasteiger partial charge in [0.2, 0.25) is 17.7 Å². The van der Waals surface area contributed by atoms with Crippen molar-refractivity contribution in [3.63, 3.8) is 0 Å². The predicted octanol–water partition coefficient (Wildman–Crippen LogP) is 3.42. The molecular weight excluding hydrogens is 439 g/mol. The molecule has 0 radical (unpaired) electrons. The molecule has 1 aromatic carbocycles. The molecule has 1 aliphatic heterocycles. The number of ether oxygens (including phenoxy) is 1. The molecule has 9 nitrogen and oxygen atoms in total. The van der Waals surface area contributed by atoms with E-state index in [4.69, 9.17) is 9.26 Å². The van der Waals surface area contributed by atoms with Gasteiger partial charge in [0.1, 0.15) is 5.75 Å². The van der Waals surface area contributed by atoms with Gasteiger partial charge in [0.15, 0.2) is 5.82 Å². The third-order valence-electron chi connectivity index (χ3n) is 6.00. The van der Waals surface area contributed by atoms with Crippen molar-refractivity contribution in [2.45, 2.75) is 18.8 Å². The van der Waals surface area contributed by atoms with E-state index in [1.165, 1.54) is 22.9 Å². The minimum absolute atomic E-state index is 0.0218. The fourth-order valence-electron chi connectivity index (χ4n) is 4.15. The first-order valence-electron chi connectivity index (χ1n) is 10.9. The quantitative estimate of drug-likeness (QED) is 0.445. The second-order valence-corrected chi connectivity index (χ2v) is 8.16. The summed E-state index contributed by atoms with van der Waals surface area (Å²) in [6, 6.07) is 10.3. The summed E-state index contributed by atoms with van der Waals surface area (Å²) < 4.78 is 26.6. The van der Waals surface area contributed by atoms with Gasteiger partial charge in [-0.1, -0.05) is 5.16 Å². The Labute approximate surface area is 194 Å². The lowest BCUT2D eigenvalue weighted by Gasteiger charge is -2.32. The van der Waals surface area contributed by atoms with Crippen molar-refractivity contribution >= 4 is 5.95 Å². The van der Waals surface area contributed by atoms with Crippen molar-refractivity contribution in [2.75, 3.05) is 25.1 Å². The van der Waals surface area contributed by atoms with E-state index in [9.17, 15) is 9.18 Å². The predicted molar refractivity (Wildman–Crippen MR) is 123 cm³/mol. The fourth-order valence-corrected chi connectivity index (χ4v) is 4.15. The Morgan fingerprint density at radius 3 is 2.76 bits per heavy atom. The summed E-state index contributed by atoms with van der Waals surface area (Å²) >= 11 is 0. The van der Waals surface area contributed by atoms with Crippen molar-refractivity contribution in [2.24, 2.45) is 7.05 Å². The fraction of sp³-hybridized carbons (Fsp3) is 0.292. The monoisotopic (exact) mass is 462 g/mol. The third kappa shape index (κ3) is 4.14. The second-order valence-electron chi connectivity index (χ2n) is 8.16. The first-order valence-corrected chi connectivity index (χ1v) is 10.9. The van der Waals surface area contributed by atoms with Crippen molar-refractivity contribution in [1.82, 2.24) is 24.7 Å². The number of pyridine rings is 1. The first-order chi connectivity index (χ1) is 16.5. The van der Waals surface area contributed by atoms with Crippen LogP contribution in [0.25, 0.3) is 22.6 Å². The standard InChI is InChI=1S/C24H23FN6O3/c1-30-21(32)12-20(18-9-10-26-13-19(18)25)27-24(30)31-11-3-4-16(14-31)23-28-22(29-34-23)15-5-7-17(33-2)8-6-15/h5-10,12-13,16H,3-4,11,14H2,1-2H3. The Bertz CT molecular complexity index is 1370. The molecule has 174 valence electrons. The van der Waals surface area contributed by atoms with Gasteiger partial charge in [-0.05, 0) is 43.2 Å². The van der Waals surface area contributed by atoms with Crippen LogP contribution in [-0.4, -0.2) is 44.9 Å². The molecule has 5 rings (SSSR count). The van der Waals surface area contributed by atoms with Crippen molar-refractivity contribution in [3.05, 3.63) is 70.9 Å². The molecule has 1 aliphatic rings. The van der Waals surface area contributed by atoms with Gasteiger partial charge in [-0.2, -0.15) is 4.98 Å². The summed E-state index contributed by atoms with van der Waals surface area (Å²) in [5.74, 6) is 1.72. The molecule has 0 bridgehead atoms. The number of aromatic nitrogens is 5. The normalized spacial score (nSPS) is 16.0. The number of rotatable bonds is 5. The van der Waals surface area contributed by atoms with E-state index in [0.29, 0.717) is 30.8 Å². The zero-order chi connectivity index (χ0) is 23.7. The number of methoxy groups -OCH3 is 1. The molecule has 0 spiro atoms. The largest absolute Gasteiger partial charge is 0.497 e. The molecule has 1 unspecified atom stereocenters. The number of anilines is 1. The first kappa shape index (κ1) is 21.7. The Hall–Kier alpha value is -4.08. The highest BCUT2D eigenvalue weighted by molar-refractivity contribution is 5.60. The Balaban J connectivity index is 1.41. The Morgan fingerprint density at radius 1 is 1.18 bits per heavy atom. The van der Waals surface area contributed by atoms with Crippen LogP contribution in [0.5, 0.6) is 5.75 Å². The van der Waals surface area contributed by atoms with Gasteiger partial charge in [0.25, 0.3) is 5.56 Å². The summed E-state index contributed by atoms with van der Waals surface area (Å²) in [4.78, 5) is 27.7. The maximum atomic E-state index is 14.3. The molecule has 1 fully saturated rings. The van der Waals surface area contributed by atoms with E-state index >= 15 is 0 Å². The van der Waals surface area contributed by atoms with Crippen LogP contribution in [-0.2, 0) is 7.05 Å². The summed E-state index contributed by atoms with van der Waals surface area (Å²) in [6.07, 6.45) is 4.31. The number of hydrogen-bond acceptors (Lipinski definition) is 8. The molecule has 4 heterocycles. The van der Waals surface area contributed by atoms with Gasteiger partial charge < -0.3 is 14.2 Å². The van der Waals surface area contributed by atoms with E-state index in [-0.39, 0.29) is 22.7 Å². The highest BCUT2D eigenvalue weighted by atomic mass is 19.1. The van der Waals surface area contributed by atoms with Gasteiger partial charge >= 0.3 is 0 Å². The molecular formula is C24H23FN6O3. The topological polar surface area (TPSA) is 99.2 Å². The number of benzene rings is 1. The summed E-state index contributed by atoms with van der Waals surface area (Å²) in [6.45, 7) is 1.26. The zero-order valence-electron chi connectivity index (χ0n) is 18.8. The Kier molecular flexibility index (Phi) is 5.79. The molecule has 34 heavy (non-hydrogen) atoms. The van der Waals surface area contributed by atoms with Gasteiger partial charge in [0, 0.05) is 43.5 Å².